The molecule has 0 unspecified atom stereocenters. The Morgan fingerprint density at radius 2 is 1.86 bits per heavy atom. The van der Waals surface area contributed by atoms with E-state index in [1.54, 1.807) is 19.2 Å². The van der Waals surface area contributed by atoms with E-state index in [0.29, 0.717) is 11.3 Å². The maximum atomic E-state index is 12.3. The van der Waals surface area contributed by atoms with Crippen LogP contribution < -0.4 is 11.2 Å². The van der Waals surface area contributed by atoms with Crippen LogP contribution in [0.4, 0.5) is 0 Å². The highest BCUT2D eigenvalue weighted by molar-refractivity contribution is 7.00. The van der Waals surface area contributed by atoms with Crippen molar-refractivity contribution in [1.82, 2.24) is 22.9 Å². The maximum Gasteiger partial charge on any atom is 0.337 e. The lowest BCUT2D eigenvalue weighted by Crippen LogP contribution is -2.38. The summed E-state index contributed by atoms with van der Waals surface area (Å²) < 4.78 is 10.3. The fourth-order valence-corrected chi connectivity index (χ4v) is 2.36. The molecule has 8 heteroatoms. The standard InChI is InChI=1S/C11H9N5O2S.C2H6/c1-6-3-4-7(5-12-6)16-10(17)8-9(14-19-13-8)15(2)11(16)18;1-2/h3-5H,1-2H3;1-2H3. The van der Waals surface area contributed by atoms with Gasteiger partial charge in [0, 0.05) is 12.7 Å². The molecule has 0 spiro atoms. The smallest absolute Gasteiger partial charge is 0.278 e. The lowest BCUT2D eigenvalue weighted by Gasteiger charge is -2.06. The minimum atomic E-state index is -0.475. The van der Waals surface area contributed by atoms with E-state index in [-0.39, 0.29) is 5.52 Å². The van der Waals surface area contributed by atoms with E-state index in [4.69, 9.17) is 0 Å². The topological polar surface area (TPSA) is 82.7 Å². The molecule has 0 aliphatic heterocycles. The van der Waals surface area contributed by atoms with Gasteiger partial charge in [0.15, 0.2) is 11.2 Å². The van der Waals surface area contributed by atoms with E-state index in [0.717, 1.165) is 22.0 Å². The van der Waals surface area contributed by atoms with Crippen LogP contribution >= 0.6 is 11.7 Å². The van der Waals surface area contributed by atoms with E-state index in [1.807, 2.05) is 20.8 Å². The number of fused-ring (bicyclic) bond motifs is 1. The first kappa shape index (κ1) is 15.0. The second-order valence-electron chi connectivity index (χ2n) is 4.08. The van der Waals surface area contributed by atoms with Crippen molar-refractivity contribution >= 4 is 22.9 Å². The molecule has 0 fully saturated rings. The summed E-state index contributed by atoms with van der Waals surface area (Å²) in [5.41, 5.74) is 0.786. The van der Waals surface area contributed by atoms with Gasteiger partial charge in [-0.3, -0.25) is 14.3 Å². The summed E-state index contributed by atoms with van der Waals surface area (Å²) in [6, 6.07) is 3.42. The molecule has 0 aromatic carbocycles. The molecule has 0 saturated heterocycles. The van der Waals surface area contributed by atoms with Crippen LogP contribution in [0, 0.1) is 6.92 Å². The second-order valence-corrected chi connectivity index (χ2v) is 4.60. The number of pyridine rings is 1. The van der Waals surface area contributed by atoms with Crippen LogP contribution in [0.2, 0.25) is 0 Å². The molecular formula is C13H15N5O2S. The quantitative estimate of drug-likeness (QED) is 0.676. The van der Waals surface area contributed by atoms with Crippen molar-refractivity contribution < 1.29 is 0 Å². The summed E-state index contributed by atoms with van der Waals surface area (Å²) in [7, 11) is 1.56. The van der Waals surface area contributed by atoms with E-state index < -0.39 is 11.2 Å². The van der Waals surface area contributed by atoms with Crippen LogP contribution in [-0.4, -0.2) is 22.9 Å². The average molecular weight is 305 g/mol. The summed E-state index contributed by atoms with van der Waals surface area (Å²) >= 11 is 0.908. The van der Waals surface area contributed by atoms with Gasteiger partial charge in [0.1, 0.15) is 0 Å². The summed E-state index contributed by atoms with van der Waals surface area (Å²) in [6.07, 6.45) is 1.49. The van der Waals surface area contributed by atoms with Crippen LogP contribution in [0.25, 0.3) is 16.9 Å². The Labute approximate surface area is 124 Å². The molecule has 0 atom stereocenters. The molecule has 3 aromatic heterocycles. The summed E-state index contributed by atoms with van der Waals surface area (Å²) in [5, 5.41) is 0. The molecule has 3 aromatic rings. The first-order valence-corrected chi connectivity index (χ1v) is 7.20. The SMILES string of the molecule is CC.Cc1ccc(-n2c(=O)c3nsnc3n(C)c2=O)cn1. The van der Waals surface area contributed by atoms with Crippen LogP contribution in [0.1, 0.15) is 19.5 Å². The molecule has 7 nitrogen and oxygen atoms in total. The average Bonchev–Trinajstić information content (AvgIpc) is 2.99. The number of hydrogen-bond acceptors (Lipinski definition) is 6. The van der Waals surface area contributed by atoms with Gasteiger partial charge in [-0.25, -0.2) is 9.36 Å². The zero-order chi connectivity index (χ0) is 15.6. The summed E-state index contributed by atoms with van der Waals surface area (Å²) in [4.78, 5) is 28.6. The van der Waals surface area contributed by atoms with Gasteiger partial charge in [-0.1, -0.05) is 13.8 Å². The lowest BCUT2D eigenvalue weighted by atomic mass is 10.3. The number of hydrogen-bond donors (Lipinski definition) is 0. The molecule has 0 bridgehead atoms. The third-order valence-electron chi connectivity index (χ3n) is 2.83. The van der Waals surface area contributed by atoms with Crippen molar-refractivity contribution in [1.29, 1.82) is 0 Å². The normalized spacial score (nSPS) is 10.3. The van der Waals surface area contributed by atoms with Gasteiger partial charge < -0.3 is 0 Å². The van der Waals surface area contributed by atoms with E-state index >= 15 is 0 Å². The fraction of sp³-hybridized carbons (Fsp3) is 0.308. The molecule has 3 heterocycles. The fourth-order valence-electron chi connectivity index (χ4n) is 1.79. The predicted molar refractivity (Wildman–Crippen MR) is 82.1 cm³/mol. The van der Waals surface area contributed by atoms with Crippen molar-refractivity contribution in [2.45, 2.75) is 20.8 Å². The van der Waals surface area contributed by atoms with Gasteiger partial charge in [-0.15, -0.1) is 0 Å². The third-order valence-corrected chi connectivity index (χ3v) is 3.35. The molecule has 0 saturated carbocycles. The Bertz CT molecular complexity index is 876. The van der Waals surface area contributed by atoms with E-state index in [1.165, 1.54) is 10.8 Å². The van der Waals surface area contributed by atoms with Crippen molar-refractivity contribution in [2.24, 2.45) is 7.05 Å². The third kappa shape index (κ3) is 2.49. The van der Waals surface area contributed by atoms with Gasteiger partial charge in [0.25, 0.3) is 5.56 Å². The Balaban J connectivity index is 0.000000774. The van der Waals surface area contributed by atoms with Crippen LogP contribution in [0.3, 0.4) is 0 Å². The van der Waals surface area contributed by atoms with Gasteiger partial charge in [-0.2, -0.15) is 8.75 Å². The van der Waals surface area contributed by atoms with Gasteiger partial charge in [0.2, 0.25) is 0 Å². The molecule has 21 heavy (non-hydrogen) atoms. The number of nitrogens with zero attached hydrogens (tertiary/aromatic N) is 5. The molecule has 3 rings (SSSR count). The Kier molecular flexibility index (Phi) is 4.27. The molecule has 0 amide bonds. The Morgan fingerprint density at radius 1 is 1.14 bits per heavy atom. The number of aryl methyl sites for hydroxylation is 2. The zero-order valence-electron chi connectivity index (χ0n) is 12.2. The Morgan fingerprint density at radius 3 is 2.48 bits per heavy atom. The highest BCUT2D eigenvalue weighted by Gasteiger charge is 2.15. The van der Waals surface area contributed by atoms with Crippen molar-refractivity contribution in [3.63, 3.8) is 0 Å². The minimum Gasteiger partial charge on any atom is -0.278 e. The van der Waals surface area contributed by atoms with Crippen molar-refractivity contribution in [3.05, 3.63) is 44.9 Å². The first-order chi connectivity index (χ1) is 10.1. The highest BCUT2D eigenvalue weighted by Crippen LogP contribution is 2.06. The minimum absolute atomic E-state index is 0.188. The number of aromatic nitrogens is 5. The highest BCUT2D eigenvalue weighted by atomic mass is 32.1. The molecule has 0 aliphatic rings. The zero-order valence-corrected chi connectivity index (χ0v) is 13.0. The Hall–Kier alpha value is -2.35. The monoisotopic (exact) mass is 305 g/mol. The molecular weight excluding hydrogens is 290 g/mol. The predicted octanol–water partition coefficient (Wildman–Crippen LogP) is 1.27. The molecule has 110 valence electrons. The molecule has 0 radical (unpaired) electrons. The number of rotatable bonds is 1. The second kappa shape index (κ2) is 5.96. The summed E-state index contributed by atoms with van der Waals surface area (Å²) in [5.74, 6) is 0. The van der Waals surface area contributed by atoms with E-state index in [9.17, 15) is 9.59 Å². The largest absolute Gasteiger partial charge is 0.337 e. The maximum absolute atomic E-state index is 12.3. The van der Waals surface area contributed by atoms with Gasteiger partial charge in [0.05, 0.1) is 23.6 Å². The van der Waals surface area contributed by atoms with Gasteiger partial charge >= 0.3 is 5.69 Å². The first-order valence-electron chi connectivity index (χ1n) is 6.47. The van der Waals surface area contributed by atoms with Crippen LogP contribution in [-0.2, 0) is 7.05 Å². The van der Waals surface area contributed by atoms with E-state index in [2.05, 4.69) is 13.7 Å². The van der Waals surface area contributed by atoms with Crippen LogP contribution in [0.15, 0.2) is 27.9 Å². The lowest BCUT2D eigenvalue weighted by molar-refractivity contribution is 0.765. The van der Waals surface area contributed by atoms with Gasteiger partial charge in [-0.05, 0) is 19.1 Å². The van der Waals surface area contributed by atoms with Crippen molar-refractivity contribution in [2.75, 3.05) is 0 Å². The molecule has 0 N–H and O–H groups in total. The summed E-state index contributed by atoms with van der Waals surface area (Å²) in [6.45, 7) is 5.83. The molecule has 0 aliphatic carbocycles. The van der Waals surface area contributed by atoms with Crippen LogP contribution in [0.5, 0.6) is 0 Å². The van der Waals surface area contributed by atoms with Crippen molar-refractivity contribution in [3.8, 4) is 5.69 Å².